The molecule has 3 nitrogen and oxygen atoms in total. The number of aliphatic hydroxyl groups is 1. The second-order valence-corrected chi connectivity index (χ2v) is 6.36. The molecule has 0 fully saturated rings. The lowest BCUT2D eigenvalue weighted by Gasteiger charge is -2.29. The molecule has 0 bridgehead atoms. The van der Waals surface area contributed by atoms with Crippen LogP contribution in [0.25, 0.3) is 0 Å². The number of likely N-dealkylation sites (N-methyl/N-ethyl adjacent to an activating group) is 1. The maximum atomic E-state index is 10.5. The van der Waals surface area contributed by atoms with E-state index in [0.717, 1.165) is 37.3 Å². The largest absolute Gasteiger partial charge is 0.494 e. The SMILES string of the molecule is CCCCOc1ccc(CN(C)C(C)C(O)c2ccccc2)cc1. The standard InChI is InChI=1S/C21H29NO2/c1-4-5-15-24-20-13-11-18(12-14-20)16-22(3)17(2)21(23)19-9-7-6-8-10-19/h6-14,17,21,23H,4-5,15-16H2,1-3H3. The molecule has 0 aliphatic heterocycles. The molecule has 0 radical (unpaired) electrons. The molecule has 0 saturated heterocycles. The van der Waals surface area contributed by atoms with Gasteiger partial charge >= 0.3 is 0 Å². The average Bonchev–Trinajstić information content (AvgIpc) is 2.63. The first-order chi connectivity index (χ1) is 11.6. The van der Waals surface area contributed by atoms with Gasteiger partial charge in [0, 0.05) is 12.6 Å². The summed E-state index contributed by atoms with van der Waals surface area (Å²) in [7, 11) is 2.04. The summed E-state index contributed by atoms with van der Waals surface area (Å²) < 4.78 is 5.70. The molecular weight excluding hydrogens is 298 g/mol. The molecule has 0 amide bonds. The number of hydrogen-bond acceptors (Lipinski definition) is 3. The van der Waals surface area contributed by atoms with E-state index in [-0.39, 0.29) is 6.04 Å². The number of benzene rings is 2. The Morgan fingerprint density at radius 2 is 1.71 bits per heavy atom. The van der Waals surface area contributed by atoms with Gasteiger partial charge in [-0.3, -0.25) is 4.90 Å². The summed E-state index contributed by atoms with van der Waals surface area (Å²) in [6.45, 7) is 5.78. The fourth-order valence-electron chi connectivity index (χ4n) is 2.63. The van der Waals surface area contributed by atoms with Crippen LogP contribution in [0, 0.1) is 0 Å². The second kappa shape index (κ2) is 9.45. The molecule has 1 N–H and O–H groups in total. The number of rotatable bonds is 9. The van der Waals surface area contributed by atoms with Crippen molar-refractivity contribution in [1.29, 1.82) is 0 Å². The second-order valence-electron chi connectivity index (χ2n) is 6.36. The van der Waals surface area contributed by atoms with Crippen LogP contribution in [0.3, 0.4) is 0 Å². The third-order valence-electron chi connectivity index (χ3n) is 4.42. The van der Waals surface area contributed by atoms with Gasteiger partial charge in [0.15, 0.2) is 0 Å². The van der Waals surface area contributed by atoms with Crippen LogP contribution in [-0.2, 0) is 6.54 Å². The van der Waals surface area contributed by atoms with Crippen LogP contribution in [0.15, 0.2) is 54.6 Å². The van der Waals surface area contributed by atoms with E-state index in [9.17, 15) is 5.11 Å². The number of unbranched alkanes of at least 4 members (excludes halogenated alkanes) is 1. The molecule has 0 aliphatic rings. The van der Waals surface area contributed by atoms with Crippen LogP contribution in [-0.4, -0.2) is 29.7 Å². The fourth-order valence-corrected chi connectivity index (χ4v) is 2.63. The molecule has 130 valence electrons. The van der Waals surface area contributed by atoms with E-state index in [2.05, 4.69) is 30.9 Å². The van der Waals surface area contributed by atoms with Crippen molar-refractivity contribution < 1.29 is 9.84 Å². The fraction of sp³-hybridized carbons (Fsp3) is 0.429. The number of nitrogens with zero attached hydrogens (tertiary/aromatic N) is 1. The van der Waals surface area contributed by atoms with Gasteiger partial charge in [-0.05, 0) is 43.7 Å². The highest BCUT2D eigenvalue weighted by atomic mass is 16.5. The van der Waals surface area contributed by atoms with Crippen LogP contribution < -0.4 is 4.74 Å². The van der Waals surface area contributed by atoms with Crippen molar-refractivity contribution in [2.45, 2.75) is 45.4 Å². The van der Waals surface area contributed by atoms with Gasteiger partial charge in [-0.15, -0.1) is 0 Å². The minimum Gasteiger partial charge on any atom is -0.494 e. The van der Waals surface area contributed by atoms with Crippen LogP contribution in [0.5, 0.6) is 5.75 Å². The van der Waals surface area contributed by atoms with Gasteiger partial charge in [0.1, 0.15) is 5.75 Å². The number of ether oxygens (including phenoxy) is 1. The van der Waals surface area contributed by atoms with Crippen molar-refractivity contribution in [3.63, 3.8) is 0 Å². The molecule has 2 aromatic rings. The van der Waals surface area contributed by atoms with Crippen molar-refractivity contribution in [2.24, 2.45) is 0 Å². The first kappa shape index (κ1) is 18.5. The first-order valence-electron chi connectivity index (χ1n) is 8.76. The molecule has 0 aromatic heterocycles. The van der Waals surface area contributed by atoms with Crippen molar-refractivity contribution in [3.8, 4) is 5.75 Å². The molecule has 2 rings (SSSR count). The molecule has 2 atom stereocenters. The molecule has 2 aromatic carbocycles. The van der Waals surface area contributed by atoms with Crippen molar-refractivity contribution in [2.75, 3.05) is 13.7 Å². The van der Waals surface area contributed by atoms with Crippen LogP contribution in [0.1, 0.15) is 43.9 Å². The molecule has 0 aliphatic carbocycles. The molecule has 24 heavy (non-hydrogen) atoms. The maximum absolute atomic E-state index is 10.5. The average molecular weight is 327 g/mol. The van der Waals surface area contributed by atoms with Gasteiger partial charge in [-0.2, -0.15) is 0 Å². The minimum atomic E-state index is -0.493. The van der Waals surface area contributed by atoms with E-state index < -0.39 is 6.10 Å². The Balaban J connectivity index is 1.90. The number of aliphatic hydroxyl groups excluding tert-OH is 1. The zero-order valence-corrected chi connectivity index (χ0v) is 15.0. The Hall–Kier alpha value is -1.84. The lowest BCUT2D eigenvalue weighted by molar-refractivity contribution is 0.0688. The smallest absolute Gasteiger partial charge is 0.119 e. The summed E-state index contributed by atoms with van der Waals surface area (Å²) in [6.07, 6.45) is 1.73. The highest BCUT2D eigenvalue weighted by Crippen LogP contribution is 2.22. The van der Waals surface area contributed by atoms with Crippen molar-refractivity contribution >= 4 is 0 Å². The van der Waals surface area contributed by atoms with Crippen molar-refractivity contribution in [1.82, 2.24) is 4.90 Å². The zero-order valence-electron chi connectivity index (χ0n) is 15.0. The van der Waals surface area contributed by atoms with Crippen LogP contribution >= 0.6 is 0 Å². The molecule has 3 heteroatoms. The van der Waals surface area contributed by atoms with E-state index in [4.69, 9.17) is 4.74 Å². The van der Waals surface area contributed by atoms with Gasteiger partial charge in [-0.1, -0.05) is 55.8 Å². The van der Waals surface area contributed by atoms with Gasteiger partial charge in [0.05, 0.1) is 12.7 Å². The summed E-state index contributed by atoms with van der Waals surface area (Å²) in [5.74, 6) is 0.923. The molecule has 0 saturated carbocycles. The highest BCUT2D eigenvalue weighted by molar-refractivity contribution is 5.27. The predicted octanol–water partition coefficient (Wildman–Crippen LogP) is 4.42. The maximum Gasteiger partial charge on any atom is 0.119 e. The number of hydrogen-bond donors (Lipinski definition) is 1. The Morgan fingerprint density at radius 3 is 2.33 bits per heavy atom. The topological polar surface area (TPSA) is 32.7 Å². The molecule has 2 unspecified atom stereocenters. The van der Waals surface area contributed by atoms with Crippen LogP contribution in [0.2, 0.25) is 0 Å². The summed E-state index contributed by atoms with van der Waals surface area (Å²) in [5.41, 5.74) is 2.17. The Bertz CT molecular complexity index is 583. The summed E-state index contributed by atoms with van der Waals surface area (Å²) >= 11 is 0. The lowest BCUT2D eigenvalue weighted by atomic mass is 10.0. The van der Waals surface area contributed by atoms with Crippen LogP contribution in [0.4, 0.5) is 0 Å². The third-order valence-corrected chi connectivity index (χ3v) is 4.42. The van der Waals surface area contributed by atoms with Gasteiger partial charge in [-0.25, -0.2) is 0 Å². The highest BCUT2D eigenvalue weighted by Gasteiger charge is 2.20. The van der Waals surface area contributed by atoms with E-state index in [1.54, 1.807) is 0 Å². The third kappa shape index (κ3) is 5.36. The molecule has 0 heterocycles. The quantitative estimate of drug-likeness (QED) is 0.692. The summed E-state index contributed by atoms with van der Waals surface area (Å²) in [5, 5.41) is 10.5. The Kier molecular flexibility index (Phi) is 7.29. The van der Waals surface area contributed by atoms with E-state index in [1.165, 1.54) is 5.56 Å². The monoisotopic (exact) mass is 327 g/mol. The predicted molar refractivity (Wildman–Crippen MR) is 99.2 cm³/mol. The zero-order chi connectivity index (χ0) is 17.4. The Morgan fingerprint density at radius 1 is 1.04 bits per heavy atom. The molecule has 0 spiro atoms. The van der Waals surface area contributed by atoms with Gasteiger partial charge in [0.25, 0.3) is 0 Å². The van der Waals surface area contributed by atoms with E-state index >= 15 is 0 Å². The Labute approximate surface area is 145 Å². The van der Waals surface area contributed by atoms with Gasteiger partial charge in [0.2, 0.25) is 0 Å². The van der Waals surface area contributed by atoms with Gasteiger partial charge < -0.3 is 9.84 Å². The van der Waals surface area contributed by atoms with Crippen molar-refractivity contribution in [3.05, 3.63) is 65.7 Å². The normalized spacial score (nSPS) is 13.7. The van der Waals surface area contributed by atoms with E-state index in [0.29, 0.717) is 0 Å². The summed E-state index contributed by atoms with van der Waals surface area (Å²) in [6, 6.07) is 18.1. The van der Waals surface area contributed by atoms with E-state index in [1.807, 2.05) is 49.5 Å². The lowest BCUT2D eigenvalue weighted by Crippen LogP contribution is -2.33. The summed E-state index contributed by atoms with van der Waals surface area (Å²) in [4.78, 5) is 2.17. The first-order valence-corrected chi connectivity index (χ1v) is 8.76. The molecular formula is C21H29NO2. The minimum absolute atomic E-state index is 0.0351.